The Hall–Kier alpha value is -2.40. The number of phenolic OH excluding ortho intramolecular Hbond substituents is 1. The highest BCUT2D eigenvalue weighted by molar-refractivity contribution is 5.96. The normalized spacial score (nSPS) is 12.2. The lowest BCUT2D eigenvalue weighted by Crippen LogP contribution is -2.30. The Morgan fingerprint density at radius 1 is 1.33 bits per heavy atom. The molecule has 128 valence electrons. The Labute approximate surface area is 142 Å². The first kappa shape index (κ1) is 17.9. The van der Waals surface area contributed by atoms with Crippen molar-refractivity contribution in [3.8, 4) is 5.75 Å². The average Bonchev–Trinajstić information content (AvgIpc) is 2.56. The molecule has 0 fully saturated rings. The fraction of sp³-hybridized carbons (Fsp3) is 0.368. The van der Waals surface area contributed by atoms with Crippen LogP contribution in [0.1, 0.15) is 52.7 Å². The number of amides is 1. The molecular weight excluding hydrogens is 304 g/mol. The minimum absolute atomic E-state index is 0.0716. The topological polar surface area (TPSA) is 82.5 Å². The number of benzene rings is 1. The quantitative estimate of drug-likeness (QED) is 0.761. The van der Waals surface area contributed by atoms with E-state index in [1.54, 1.807) is 37.5 Å². The summed E-state index contributed by atoms with van der Waals surface area (Å²) in [6.45, 7) is 5.98. The van der Waals surface area contributed by atoms with Gasteiger partial charge in [0.25, 0.3) is 5.91 Å². The van der Waals surface area contributed by atoms with Gasteiger partial charge in [0.2, 0.25) is 0 Å². The number of rotatable bonds is 6. The van der Waals surface area contributed by atoms with E-state index in [0.29, 0.717) is 12.1 Å². The summed E-state index contributed by atoms with van der Waals surface area (Å²) < 4.78 is 0. The van der Waals surface area contributed by atoms with Crippen LogP contribution in [0.3, 0.4) is 0 Å². The number of hydrogen-bond donors (Lipinski definition) is 3. The lowest BCUT2D eigenvalue weighted by molar-refractivity contribution is 0.0947. The van der Waals surface area contributed by atoms with Crippen LogP contribution >= 0.6 is 0 Å². The number of nitrogens with zero attached hydrogens (tertiary/aromatic N) is 1. The number of aliphatic hydroxyl groups excluding tert-OH is 1. The molecule has 1 aromatic heterocycles. The van der Waals surface area contributed by atoms with E-state index in [1.165, 1.54) is 0 Å². The van der Waals surface area contributed by atoms with Gasteiger partial charge in [-0.1, -0.05) is 19.9 Å². The number of phenols is 1. The van der Waals surface area contributed by atoms with Crippen LogP contribution in [-0.4, -0.2) is 34.3 Å². The molecule has 5 heteroatoms. The van der Waals surface area contributed by atoms with Crippen LogP contribution in [0.15, 0.2) is 36.7 Å². The van der Waals surface area contributed by atoms with Crippen LogP contribution < -0.4 is 5.32 Å². The van der Waals surface area contributed by atoms with Crippen LogP contribution in [0, 0.1) is 6.92 Å². The maximum absolute atomic E-state index is 12.5. The fourth-order valence-corrected chi connectivity index (χ4v) is 2.63. The largest absolute Gasteiger partial charge is 0.508 e. The van der Waals surface area contributed by atoms with Gasteiger partial charge >= 0.3 is 0 Å². The number of pyridine rings is 1. The van der Waals surface area contributed by atoms with E-state index in [0.717, 1.165) is 16.7 Å². The molecule has 0 aliphatic heterocycles. The van der Waals surface area contributed by atoms with Gasteiger partial charge in [0.15, 0.2) is 0 Å². The minimum atomic E-state index is -0.211. The molecule has 0 aliphatic rings. The molecule has 0 saturated heterocycles. The van der Waals surface area contributed by atoms with Crippen molar-refractivity contribution in [1.82, 2.24) is 10.3 Å². The second-order valence-electron chi connectivity index (χ2n) is 6.26. The maximum Gasteiger partial charge on any atom is 0.251 e. The van der Waals surface area contributed by atoms with Crippen molar-refractivity contribution in [3.05, 3.63) is 58.9 Å². The van der Waals surface area contributed by atoms with E-state index >= 15 is 0 Å². The predicted octanol–water partition coefficient (Wildman–Crippen LogP) is 2.72. The molecule has 0 bridgehead atoms. The highest BCUT2D eigenvalue weighted by Gasteiger charge is 2.17. The third-order valence-electron chi connectivity index (χ3n) is 4.13. The molecule has 1 heterocycles. The van der Waals surface area contributed by atoms with Gasteiger partial charge in [0.1, 0.15) is 5.75 Å². The van der Waals surface area contributed by atoms with Crippen molar-refractivity contribution in [1.29, 1.82) is 0 Å². The smallest absolute Gasteiger partial charge is 0.251 e. The van der Waals surface area contributed by atoms with Gasteiger partial charge in [-0.05, 0) is 47.7 Å². The van der Waals surface area contributed by atoms with Gasteiger partial charge in [-0.15, -0.1) is 0 Å². The average molecular weight is 328 g/mol. The highest BCUT2D eigenvalue weighted by Crippen LogP contribution is 2.28. The molecule has 0 spiro atoms. The van der Waals surface area contributed by atoms with Crippen LogP contribution in [0.2, 0.25) is 0 Å². The van der Waals surface area contributed by atoms with Crippen LogP contribution in [-0.2, 0) is 0 Å². The molecule has 2 rings (SSSR count). The number of aryl methyl sites for hydroxylation is 1. The van der Waals surface area contributed by atoms with Gasteiger partial charge in [-0.25, -0.2) is 0 Å². The molecule has 1 amide bonds. The van der Waals surface area contributed by atoms with Crippen molar-refractivity contribution in [3.63, 3.8) is 0 Å². The van der Waals surface area contributed by atoms with E-state index in [1.807, 2.05) is 19.9 Å². The summed E-state index contributed by atoms with van der Waals surface area (Å²) in [6.07, 6.45) is 3.36. The van der Waals surface area contributed by atoms with Gasteiger partial charge in [-0.3, -0.25) is 9.78 Å². The second kappa shape index (κ2) is 7.93. The molecule has 0 aliphatic carbocycles. The van der Waals surface area contributed by atoms with Crippen molar-refractivity contribution >= 4 is 5.91 Å². The number of nitrogens with one attached hydrogen (secondary N) is 1. The third kappa shape index (κ3) is 4.11. The number of aromatic hydroxyl groups is 1. The van der Waals surface area contributed by atoms with E-state index in [2.05, 4.69) is 10.3 Å². The fourth-order valence-electron chi connectivity index (χ4n) is 2.63. The van der Waals surface area contributed by atoms with E-state index in [4.69, 9.17) is 0 Å². The first-order valence-corrected chi connectivity index (χ1v) is 8.06. The molecule has 1 unspecified atom stereocenters. The van der Waals surface area contributed by atoms with Crippen LogP contribution in [0.4, 0.5) is 0 Å². The van der Waals surface area contributed by atoms with Gasteiger partial charge in [-0.2, -0.15) is 0 Å². The van der Waals surface area contributed by atoms with Gasteiger partial charge in [0, 0.05) is 30.4 Å². The summed E-state index contributed by atoms with van der Waals surface area (Å²) in [4.78, 5) is 16.6. The van der Waals surface area contributed by atoms with Gasteiger partial charge < -0.3 is 15.5 Å². The van der Waals surface area contributed by atoms with Crippen LogP contribution in [0.25, 0.3) is 0 Å². The summed E-state index contributed by atoms with van der Waals surface area (Å²) in [7, 11) is 0. The zero-order valence-electron chi connectivity index (χ0n) is 14.3. The zero-order valence-corrected chi connectivity index (χ0v) is 14.3. The SMILES string of the molecule is Cc1cc(O)c(C(C)C)cc1C(=O)NCC(CO)c1cccnc1. The van der Waals surface area contributed by atoms with E-state index in [9.17, 15) is 15.0 Å². The molecule has 1 atom stereocenters. The van der Waals surface area contributed by atoms with Crippen molar-refractivity contribution < 1.29 is 15.0 Å². The summed E-state index contributed by atoms with van der Waals surface area (Å²) in [6, 6.07) is 7.04. The van der Waals surface area contributed by atoms with Crippen LogP contribution in [0.5, 0.6) is 5.75 Å². The zero-order chi connectivity index (χ0) is 17.7. The molecule has 2 aromatic rings. The minimum Gasteiger partial charge on any atom is -0.508 e. The van der Waals surface area contributed by atoms with Gasteiger partial charge in [0.05, 0.1) is 6.61 Å². The standard InChI is InChI=1S/C19H24N2O3/c1-12(2)16-8-17(13(3)7-18(16)23)19(24)21-10-15(11-22)14-5-4-6-20-9-14/h4-9,12,15,22-23H,10-11H2,1-3H3,(H,21,24). The lowest BCUT2D eigenvalue weighted by atomic mass is 9.96. The number of aromatic nitrogens is 1. The maximum atomic E-state index is 12.5. The summed E-state index contributed by atoms with van der Waals surface area (Å²) in [5, 5.41) is 22.4. The molecule has 1 aromatic carbocycles. The molecule has 0 saturated carbocycles. The Kier molecular flexibility index (Phi) is 5.93. The molecule has 24 heavy (non-hydrogen) atoms. The Morgan fingerprint density at radius 2 is 2.08 bits per heavy atom. The second-order valence-corrected chi connectivity index (χ2v) is 6.26. The van der Waals surface area contributed by atoms with E-state index in [-0.39, 0.29) is 30.1 Å². The number of carbonyl (C=O) groups is 1. The molecule has 5 nitrogen and oxygen atoms in total. The monoisotopic (exact) mass is 328 g/mol. The summed E-state index contributed by atoms with van der Waals surface area (Å²) >= 11 is 0. The van der Waals surface area contributed by atoms with Crippen molar-refractivity contribution in [2.45, 2.75) is 32.6 Å². The number of hydrogen-bond acceptors (Lipinski definition) is 4. The molecule has 3 N–H and O–H groups in total. The Morgan fingerprint density at radius 3 is 2.67 bits per heavy atom. The Balaban J connectivity index is 2.13. The van der Waals surface area contributed by atoms with Crippen molar-refractivity contribution in [2.24, 2.45) is 0 Å². The van der Waals surface area contributed by atoms with E-state index < -0.39 is 0 Å². The third-order valence-corrected chi connectivity index (χ3v) is 4.13. The first-order valence-electron chi connectivity index (χ1n) is 8.06. The Bertz CT molecular complexity index is 699. The lowest BCUT2D eigenvalue weighted by Gasteiger charge is -2.17. The summed E-state index contributed by atoms with van der Waals surface area (Å²) in [5.41, 5.74) is 2.89. The number of aliphatic hydroxyl groups is 1. The number of carbonyl (C=O) groups excluding carboxylic acids is 1. The predicted molar refractivity (Wildman–Crippen MR) is 93.3 cm³/mol. The summed E-state index contributed by atoms with van der Waals surface area (Å²) in [5.74, 6) is -0.0817. The molecule has 0 radical (unpaired) electrons. The van der Waals surface area contributed by atoms with Crippen molar-refractivity contribution in [2.75, 3.05) is 13.2 Å². The highest BCUT2D eigenvalue weighted by atomic mass is 16.3. The first-order chi connectivity index (χ1) is 11.4. The molecular formula is C19H24N2O3.